The van der Waals surface area contributed by atoms with Gasteiger partial charge in [0.15, 0.2) is 0 Å². The molecular weight excluding hydrogens is 320 g/mol. The minimum Gasteiger partial charge on any atom is -0.307 e. The highest BCUT2D eigenvalue weighted by Crippen LogP contribution is 2.32. The summed E-state index contributed by atoms with van der Waals surface area (Å²) in [6.07, 6.45) is 7.68. The Labute approximate surface area is 156 Å². The number of anilines is 1. The van der Waals surface area contributed by atoms with Gasteiger partial charge in [0.2, 0.25) is 5.91 Å². The van der Waals surface area contributed by atoms with E-state index >= 15 is 0 Å². The minimum absolute atomic E-state index is 0.0308. The lowest BCUT2D eigenvalue weighted by Gasteiger charge is -2.33. The van der Waals surface area contributed by atoms with E-state index in [-0.39, 0.29) is 11.9 Å². The zero-order chi connectivity index (χ0) is 17.8. The van der Waals surface area contributed by atoms with Crippen molar-refractivity contribution in [2.45, 2.75) is 57.0 Å². The van der Waals surface area contributed by atoms with E-state index in [1.807, 2.05) is 35.2 Å². The van der Waals surface area contributed by atoms with E-state index in [0.29, 0.717) is 6.54 Å². The molecule has 1 atom stereocenters. The first kappa shape index (κ1) is 17.3. The van der Waals surface area contributed by atoms with Gasteiger partial charge in [0.1, 0.15) is 0 Å². The fourth-order valence-electron chi connectivity index (χ4n) is 4.11. The molecule has 1 saturated carbocycles. The van der Waals surface area contributed by atoms with Crippen molar-refractivity contribution in [3.8, 4) is 0 Å². The lowest BCUT2D eigenvalue weighted by atomic mass is 9.84. The Hall–Kier alpha value is -2.13. The largest absolute Gasteiger partial charge is 0.307 e. The fraction of sp³-hybridized carbons (Fsp3) is 0.435. The van der Waals surface area contributed by atoms with Crippen LogP contribution in [-0.4, -0.2) is 18.5 Å². The third kappa shape index (κ3) is 3.83. The molecule has 1 heterocycles. The molecule has 2 aromatic rings. The summed E-state index contributed by atoms with van der Waals surface area (Å²) in [5.74, 6) is 0.905. The standard InChI is InChI=1S/C23H28N2O/c26-23(22-15-16-24-22)25(21-9-5-2-6-10-21)17-18-11-13-20(14-12-18)19-7-3-1-4-8-19/h2,5-6,9-14,19,22,24H,1,3-4,7-8,15-17H2. The SMILES string of the molecule is O=C(C1CCN1)N(Cc1ccc(C2CCCCC2)cc1)c1ccccc1. The summed E-state index contributed by atoms with van der Waals surface area (Å²) >= 11 is 0. The first-order valence-electron chi connectivity index (χ1n) is 10.00. The summed E-state index contributed by atoms with van der Waals surface area (Å²) < 4.78 is 0. The number of para-hydroxylation sites is 1. The van der Waals surface area contributed by atoms with Crippen molar-refractivity contribution in [1.82, 2.24) is 5.32 Å². The Morgan fingerprint density at radius 2 is 1.62 bits per heavy atom. The molecule has 0 radical (unpaired) electrons. The predicted octanol–water partition coefficient (Wildman–Crippen LogP) is 4.63. The van der Waals surface area contributed by atoms with Crippen LogP contribution in [0.2, 0.25) is 0 Å². The Balaban J connectivity index is 1.50. The third-order valence-electron chi connectivity index (χ3n) is 5.85. The number of benzene rings is 2. The molecule has 26 heavy (non-hydrogen) atoms. The fourth-order valence-corrected chi connectivity index (χ4v) is 4.11. The lowest BCUT2D eigenvalue weighted by Crippen LogP contribution is -2.54. The number of hydrogen-bond donors (Lipinski definition) is 1. The smallest absolute Gasteiger partial charge is 0.244 e. The van der Waals surface area contributed by atoms with Crippen LogP contribution in [0.1, 0.15) is 55.6 Å². The van der Waals surface area contributed by atoms with Gasteiger partial charge >= 0.3 is 0 Å². The molecule has 1 unspecified atom stereocenters. The third-order valence-corrected chi connectivity index (χ3v) is 5.85. The molecule has 0 bridgehead atoms. The van der Waals surface area contributed by atoms with Crippen molar-refractivity contribution in [3.05, 3.63) is 65.7 Å². The second-order valence-corrected chi connectivity index (χ2v) is 7.63. The van der Waals surface area contributed by atoms with Gasteiger partial charge in [-0.3, -0.25) is 4.79 Å². The van der Waals surface area contributed by atoms with Gasteiger partial charge in [0.05, 0.1) is 12.6 Å². The number of amides is 1. The lowest BCUT2D eigenvalue weighted by molar-refractivity contribution is -0.122. The molecule has 4 rings (SSSR count). The molecule has 3 heteroatoms. The summed E-state index contributed by atoms with van der Waals surface area (Å²) in [5, 5.41) is 3.24. The van der Waals surface area contributed by atoms with Crippen LogP contribution in [0.4, 0.5) is 5.69 Å². The van der Waals surface area contributed by atoms with E-state index in [9.17, 15) is 4.79 Å². The second-order valence-electron chi connectivity index (χ2n) is 7.63. The molecule has 1 N–H and O–H groups in total. The van der Waals surface area contributed by atoms with Crippen molar-refractivity contribution >= 4 is 11.6 Å². The first-order chi connectivity index (χ1) is 12.8. The summed E-state index contributed by atoms with van der Waals surface area (Å²) in [4.78, 5) is 14.8. The Kier molecular flexibility index (Phi) is 5.35. The molecule has 2 aliphatic rings. The Bertz CT molecular complexity index is 716. The number of nitrogens with one attached hydrogen (secondary N) is 1. The monoisotopic (exact) mass is 348 g/mol. The van der Waals surface area contributed by atoms with Crippen molar-refractivity contribution < 1.29 is 4.79 Å². The second kappa shape index (κ2) is 8.05. The van der Waals surface area contributed by atoms with Gasteiger partial charge < -0.3 is 10.2 Å². The zero-order valence-corrected chi connectivity index (χ0v) is 15.4. The maximum atomic E-state index is 12.9. The molecule has 1 amide bonds. The quantitative estimate of drug-likeness (QED) is 0.854. The topological polar surface area (TPSA) is 32.3 Å². The van der Waals surface area contributed by atoms with Crippen LogP contribution >= 0.6 is 0 Å². The number of nitrogens with zero attached hydrogens (tertiary/aromatic N) is 1. The van der Waals surface area contributed by atoms with Crippen LogP contribution in [0.5, 0.6) is 0 Å². The Morgan fingerprint density at radius 3 is 2.23 bits per heavy atom. The van der Waals surface area contributed by atoms with Crippen molar-refractivity contribution in [1.29, 1.82) is 0 Å². The van der Waals surface area contributed by atoms with Gasteiger partial charge in [-0.2, -0.15) is 0 Å². The van der Waals surface area contributed by atoms with Gasteiger partial charge in [0.25, 0.3) is 0 Å². The van der Waals surface area contributed by atoms with Gasteiger partial charge in [-0.15, -0.1) is 0 Å². The van der Waals surface area contributed by atoms with Crippen molar-refractivity contribution in [2.75, 3.05) is 11.4 Å². The van der Waals surface area contributed by atoms with Gasteiger partial charge in [-0.25, -0.2) is 0 Å². The maximum absolute atomic E-state index is 12.9. The summed E-state index contributed by atoms with van der Waals surface area (Å²) in [6, 6.07) is 19.0. The molecule has 0 spiro atoms. The van der Waals surface area contributed by atoms with Crippen LogP contribution in [0.25, 0.3) is 0 Å². The molecular formula is C23H28N2O. The molecule has 2 aromatic carbocycles. The average molecular weight is 348 g/mol. The highest BCUT2D eigenvalue weighted by molar-refractivity contribution is 5.97. The molecule has 0 aromatic heterocycles. The molecule has 2 fully saturated rings. The molecule has 1 saturated heterocycles. The number of carbonyl (C=O) groups excluding carboxylic acids is 1. The molecule has 136 valence electrons. The van der Waals surface area contributed by atoms with Gasteiger partial charge in [-0.05, 0) is 55.0 Å². The summed E-state index contributed by atoms with van der Waals surface area (Å²) in [5.41, 5.74) is 3.63. The van der Waals surface area contributed by atoms with Crippen LogP contribution < -0.4 is 10.2 Å². The number of carbonyl (C=O) groups is 1. The van der Waals surface area contributed by atoms with E-state index < -0.39 is 0 Å². The van der Waals surface area contributed by atoms with E-state index in [1.54, 1.807) is 0 Å². The van der Waals surface area contributed by atoms with E-state index in [0.717, 1.165) is 24.6 Å². The normalized spacial score (nSPS) is 20.4. The number of hydrogen-bond acceptors (Lipinski definition) is 2. The van der Waals surface area contributed by atoms with Crippen LogP contribution in [0.3, 0.4) is 0 Å². The van der Waals surface area contributed by atoms with Crippen LogP contribution in [-0.2, 0) is 11.3 Å². The summed E-state index contributed by atoms with van der Waals surface area (Å²) in [7, 11) is 0. The first-order valence-corrected chi connectivity index (χ1v) is 10.00. The van der Waals surface area contributed by atoms with Crippen molar-refractivity contribution in [3.63, 3.8) is 0 Å². The summed E-state index contributed by atoms with van der Waals surface area (Å²) in [6.45, 7) is 1.57. The Morgan fingerprint density at radius 1 is 0.923 bits per heavy atom. The minimum atomic E-state index is -0.0308. The number of rotatable bonds is 5. The van der Waals surface area contributed by atoms with Crippen molar-refractivity contribution in [2.24, 2.45) is 0 Å². The predicted molar refractivity (Wildman–Crippen MR) is 106 cm³/mol. The van der Waals surface area contributed by atoms with Gasteiger partial charge in [0, 0.05) is 5.69 Å². The molecule has 1 aliphatic carbocycles. The maximum Gasteiger partial charge on any atom is 0.244 e. The van der Waals surface area contributed by atoms with E-state index in [2.05, 4.69) is 29.6 Å². The van der Waals surface area contributed by atoms with Crippen LogP contribution in [0, 0.1) is 0 Å². The highest BCUT2D eigenvalue weighted by Gasteiger charge is 2.29. The van der Waals surface area contributed by atoms with Crippen LogP contribution in [0.15, 0.2) is 54.6 Å². The highest BCUT2D eigenvalue weighted by atomic mass is 16.2. The van der Waals surface area contributed by atoms with E-state index in [1.165, 1.54) is 43.2 Å². The van der Waals surface area contributed by atoms with Gasteiger partial charge in [-0.1, -0.05) is 61.7 Å². The molecule has 3 nitrogen and oxygen atoms in total. The molecule has 1 aliphatic heterocycles. The van der Waals surface area contributed by atoms with E-state index in [4.69, 9.17) is 0 Å². The average Bonchev–Trinajstić information content (AvgIpc) is 2.66. The zero-order valence-electron chi connectivity index (χ0n) is 15.4.